The van der Waals surface area contributed by atoms with Gasteiger partial charge < -0.3 is 11.1 Å². The predicted octanol–water partition coefficient (Wildman–Crippen LogP) is 0.699. The first-order valence-electron chi connectivity index (χ1n) is 5.35. The molecule has 0 atom stereocenters. The predicted molar refractivity (Wildman–Crippen MR) is 72.8 cm³/mol. The number of carbonyl (C=O) groups is 1. The molecule has 4 N–H and O–H groups in total. The number of nitrogens with one attached hydrogen (secondary N) is 1. The van der Waals surface area contributed by atoms with Crippen molar-refractivity contribution >= 4 is 16.0 Å². The molecule has 0 heterocycles. The fourth-order valence-electron chi connectivity index (χ4n) is 0.877. The van der Waals surface area contributed by atoms with Crippen LogP contribution in [0.1, 0.15) is 34.6 Å². The Kier molecular flexibility index (Phi) is 7.41. The summed E-state index contributed by atoms with van der Waals surface area (Å²) in [7, 11) is -4.08. The molecule has 0 aliphatic carbocycles. The molecule has 108 valence electrons. The molecule has 1 amide bonds. The third-order valence-corrected chi connectivity index (χ3v) is 2.28. The summed E-state index contributed by atoms with van der Waals surface area (Å²) in [6, 6.07) is 0. The van der Waals surface area contributed by atoms with E-state index in [0.717, 1.165) is 6.08 Å². The van der Waals surface area contributed by atoms with E-state index < -0.39 is 27.3 Å². The van der Waals surface area contributed by atoms with Gasteiger partial charge in [-0.2, -0.15) is 8.42 Å². The monoisotopic (exact) mass is 280 g/mol. The third kappa shape index (κ3) is 20.5. The lowest BCUT2D eigenvalue weighted by molar-refractivity contribution is -0.117. The van der Waals surface area contributed by atoms with Crippen molar-refractivity contribution in [3.8, 4) is 0 Å². The van der Waals surface area contributed by atoms with Crippen LogP contribution in [0.2, 0.25) is 0 Å². The fraction of sp³-hybridized carbons (Fsp3) is 0.727. The molecule has 0 fully saturated rings. The highest BCUT2D eigenvalue weighted by atomic mass is 32.2. The van der Waals surface area contributed by atoms with Gasteiger partial charge in [-0.25, -0.2) is 0 Å². The molecular formula is C11H24N2O4S. The summed E-state index contributed by atoms with van der Waals surface area (Å²) in [6.07, 6.45) is 1.03. The Bertz CT molecular complexity index is 374. The van der Waals surface area contributed by atoms with Crippen LogP contribution in [0, 0.1) is 0 Å². The standard InChI is InChI=1S/C7H13NO4S.C4H11N/c1-4-6(9)8-7(2,3)5-13(10,11)12;1-4(2,3)5/h4H,1,5H2,2-3H3,(H,8,9)(H,10,11,12);5H2,1-3H3. The number of rotatable bonds is 4. The van der Waals surface area contributed by atoms with Crippen molar-refractivity contribution in [1.82, 2.24) is 5.32 Å². The van der Waals surface area contributed by atoms with Crippen LogP contribution >= 0.6 is 0 Å². The minimum atomic E-state index is -4.08. The lowest BCUT2D eigenvalue weighted by atomic mass is 10.1. The highest BCUT2D eigenvalue weighted by molar-refractivity contribution is 7.85. The Morgan fingerprint density at radius 1 is 1.33 bits per heavy atom. The quantitative estimate of drug-likeness (QED) is 0.518. The van der Waals surface area contributed by atoms with Crippen LogP contribution < -0.4 is 11.1 Å². The summed E-state index contributed by atoms with van der Waals surface area (Å²) >= 11 is 0. The highest BCUT2D eigenvalue weighted by Crippen LogP contribution is 2.05. The van der Waals surface area contributed by atoms with Crippen molar-refractivity contribution in [3.63, 3.8) is 0 Å². The van der Waals surface area contributed by atoms with Gasteiger partial charge in [-0.1, -0.05) is 6.58 Å². The highest BCUT2D eigenvalue weighted by Gasteiger charge is 2.25. The van der Waals surface area contributed by atoms with Gasteiger partial charge in [0.15, 0.2) is 0 Å². The summed E-state index contributed by atoms with van der Waals surface area (Å²) in [5.41, 5.74) is 4.35. The average Bonchev–Trinajstić information content (AvgIpc) is 1.94. The Labute approximate surface area is 109 Å². The van der Waals surface area contributed by atoms with Crippen molar-refractivity contribution in [2.24, 2.45) is 5.73 Å². The Morgan fingerprint density at radius 2 is 1.67 bits per heavy atom. The molecule has 0 unspecified atom stereocenters. The van der Waals surface area contributed by atoms with Gasteiger partial charge in [0.25, 0.3) is 10.1 Å². The lowest BCUT2D eigenvalue weighted by Crippen LogP contribution is -2.47. The molecule has 0 aromatic rings. The molecule has 6 nitrogen and oxygen atoms in total. The molecule has 0 aromatic heterocycles. The second-order valence-electron chi connectivity index (χ2n) is 5.67. The van der Waals surface area contributed by atoms with E-state index in [9.17, 15) is 13.2 Å². The number of hydrogen-bond donors (Lipinski definition) is 3. The first-order valence-corrected chi connectivity index (χ1v) is 6.96. The van der Waals surface area contributed by atoms with E-state index in [1.54, 1.807) is 0 Å². The molecule has 0 aliphatic heterocycles. The normalized spacial score (nSPS) is 12.2. The number of nitrogens with two attached hydrogens (primary N) is 1. The average molecular weight is 280 g/mol. The Morgan fingerprint density at radius 3 is 1.89 bits per heavy atom. The fourth-order valence-corrected chi connectivity index (χ4v) is 1.86. The first-order chi connectivity index (χ1) is 7.66. The van der Waals surface area contributed by atoms with E-state index in [2.05, 4.69) is 11.9 Å². The molecule has 0 aliphatic rings. The number of carbonyl (C=O) groups excluding carboxylic acids is 1. The van der Waals surface area contributed by atoms with E-state index >= 15 is 0 Å². The summed E-state index contributed by atoms with van der Waals surface area (Å²) in [4.78, 5) is 10.8. The van der Waals surface area contributed by atoms with E-state index in [1.165, 1.54) is 13.8 Å². The van der Waals surface area contributed by atoms with E-state index in [0.29, 0.717) is 0 Å². The van der Waals surface area contributed by atoms with Crippen LogP contribution in [-0.2, 0) is 14.9 Å². The minimum absolute atomic E-state index is 0. The summed E-state index contributed by atoms with van der Waals surface area (Å²) < 4.78 is 29.5. The molecule has 18 heavy (non-hydrogen) atoms. The largest absolute Gasteiger partial charge is 0.347 e. The molecule has 0 aromatic carbocycles. The Balaban J connectivity index is 0. The minimum Gasteiger partial charge on any atom is -0.347 e. The maximum Gasteiger partial charge on any atom is 0.267 e. The maximum atomic E-state index is 10.8. The second-order valence-corrected chi connectivity index (χ2v) is 7.12. The van der Waals surface area contributed by atoms with Crippen LogP contribution in [0.4, 0.5) is 0 Å². The molecule has 7 heteroatoms. The van der Waals surface area contributed by atoms with Gasteiger partial charge in [-0.3, -0.25) is 9.35 Å². The van der Waals surface area contributed by atoms with Crippen molar-refractivity contribution in [3.05, 3.63) is 12.7 Å². The van der Waals surface area contributed by atoms with Crippen LogP contribution in [0.5, 0.6) is 0 Å². The van der Waals surface area contributed by atoms with Gasteiger partial charge in [0.2, 0.25) is 5.91 Å². The molecule has 0 rings (SSSR count). The molecule has 0 bridgehead atoms. The number of amides is 1. The van der Waals surface area contributed by atoms with E-state index in [1.807, 2.05) is 20.8 Å². The zero-order valence-electron chi connectivity index (χ0n) is 11.6. The van der Waals surface area contributed by atoms with Crippen LogP contribution in [0.3, 0.4) is 0 Å². The van der Waals surface area contributed by atoms with Gasteiger partial charge in [0, 0.05) is 5.54 Å². The van der Waals surface area contributed by atoms with Gasteiger partial charge in [0.05, 0.1) is 11.3 Å². The lowest BCUT2D eigenvalue weighted by Gasteiger charge is -2.23. The first kappa shape index (κ1) is 19.4. The van der Waals surface area contributed by atoms with Crippen molar-refractivity contribution < 1.29 is 17.8 Å². The van der Waals surface area contributed by atoms with Gasteiger partial charge in [-0.15, -0.1) is 0 Å². The molecule has 0 spiro atoms. The van der Waals surface area contributed by atoms with Gasteiger partial charge >= 0.3 is 0 Å². The van der Waals surface area contributed by atoms with Gasteiger partial charge in [-0.05, 0) is 40.7 Å². The second kappa shape index (κ2) is 6.86. The summed E-state index contributed by atoms with van der Waals surface area (Å²) in [5.74, 6) is -1.01. The van der Waals surface area contributed by atoms with E-state index in [-0.39, 0.29) is 5.54 Å². The SMILES string of the molecule is C=CC(=O)NC(C)(C)CS(=O)(=O)O.CC(C)(C)N. The van der Waals surface area contributed by atoms with Crippen molar-refractivity contribution in [2.45, 2.75) is 45.7 Å². The summed E-state index contributed by atoms with van der Waals surface area (Å²) in [5, 5.41) is 2.37. The molecule has 0 radical (unpaired) electrons. The van der Waals surface area contributed by atoms with Crippen LogP contribution in [-0.4, -0.2) is 35.7 Å². The number of hydrogen-bond acceptors (Lipinski definition) is 4. The van der Waals surface area contributed by atoms with E-state index in [4.69, 9.17) is 10.3 Å². The maximum absolute atomic E-state index is 10.8. The van der Waals surface area contributed by atoms with Crippen molar-refractivity contribution in [1.29, 1.82) is 0 Å². The molecular weight excluding hydrogens is 256 g/mol. The smallest absolute Gasteiger partial charge is 0.267 e. The Hall–Kier alpha value is -0.920. The summed E-state index contributed by atoms with van der Waals surface area (Å²) in [6.45, 7) is 12.1. The zero-order valence-corrected chi connectivity index (χ0v) is 12.5. The topological polar surface area (TPSA) is 109 Å². The molecule has 0 saturated heterocycles. The third-order valence-electron chi connectivity index (χ3n) is 1.19. The molecule has 0 saturated carbocycles. The van der Waals surface area contributed by atoms with Crippen molar-refractivity contribution in [2.75, 3.05) is 5.75 Å². The zero-order chi connectivity index (χ0) is 15.2. The van der Waals surface area contributed by atoms with Crippen LogP contribution in [0.15, 0.2) is 12.7 Å². The van der Waals surface area contributed by atoms with Crippen LogP contribution in [0.25, 0.3) is 0 Å². The van der Waals surface area contributed by atoms with Gasteiger partial charge in [0.1, 0.15) is 0 Å².